The third-order valence-corrected chi connectivity index (χ3v) is 7.55. The maximum Gasteiger partial charge on any atom is 0.321 e. The Balaban J connectivity index is 1.79. The van der Waals surface area contributed by atoms with E-state index in [9.17, 15) is 19.7 Å². The largest absolute Gasteiger partial charge is 0.468 e. The number of hydrogen-bond donors (Lipinski definition) is 0. The van der Waals surface area contributed by atoms with Gasteiger partial charge in [-0.25, -0.2) is 0 Å². The predicted octanol–water partition coefficient (Wildman–Crippen LogP) is 4.68. The van der Waals surface area contributed by atoms with E-state index in [-0.39, 0.29) is 11.7 Å². The second-order valence-electron chi connectivity index (χ2n) is 9.66. The predicted molar refractivity (Wildman–Crippen MR) is 152 cm³/mol. The van der Waals surface area contributed by atoms with E-state index in [1.54, 1.807) is 7.11 Å². The fourth-order valence-electron chi connectivity index (χ4n) is 5.58. The number of esters is 2. The lowest BCUT2D eigenvalue weighted by atomic mass is 9.79. The molecule has 1 aliphatic rings. The molecule has 0 aromatic heterocycles. The minimum absolute atomic E-state index is 0.118. The molecule has 0 radical (unpaired) electrons. The molecule has 214 valence electrons. The van der Waals surface area contributed by atoms with Crippen molar-refractivity contribution in [3.63, 3.8) is 0 Å². The van der Waals surface area contributed by atoms with Crippen molar-refractivity contribution in [2.45, 2.75) is 30.4 Å². The van der Waals surface area contributed by atoms with Crippen molar-refractivity contribution >= 4 is 23.8 Å². The summed E-state index contributed by atoms with van der Waals surface area (Å²) < 4.78 is 16.3. The molecule has 0 aliphatic carbocycles. The van der Waals surface area contributed by atoms with Crippen molar-refractivity contribution in [1.29, 1.82) is 0 Å². The van der Waals surface area contributed by atoms with Crippen molar-refractivity contribution in [3.8, 4) is 0 Å². The Bertz CT molecular complexity index is 1310. The monoisotopic (exact) mass is 559 g/mol. The van der Waals surface area contributed by atoms with E-state index in [4.69, 9.17) is 19.3 Å². The van der Waals surface area contributed by atoms with Crippen LogP contribution in [-0.4, -0.2) is 62.0 Å². The second-order valence-corrected chi connectivity index (χ2v) is 9.66. The Labute approximate surface area is 238 Å². The van der Waals surface area contributed by atoms with Crippen LogP contribution in [0, 0.1) is 16.0 Å². The van der Waals surface area contributed by atoms with Crippen LogP contribution in [0.25, 0.3) is 0 Å². The summed E-state index contributed by atoms with van der Waals surface area (Å²) in [7, 11) is 4.06. The van der Waals surface area contributed by atoms with Crippen LogP contribution in [-0.2, 0) is 29.4 Å². The molecule has 0 saturated carbocycles. The standard InChI is InChI=1S/C31H33N3O7/c1-39-29(35)28(30(36)40-2)26(22-16-18-25(19-17-22)34(37)38)21-32-33-20-10-15-27(33)31(41-3,23-11-6-4-7-12-23)24-13-8-5-9-14-24/h4-9,11-14,16-19,21,26-28H,10,15,20H2,1-3H3/b32-21+/t26-,27+/m1/s1. The summed E-state index contributed by atoms with van der Waals surface area (Å²) in [5.41, 5.74) is 1.43. The molecule has 0 bridgehead atoms. The Morgan fingerprint density at radius 2 is 1.46 bits per heavy atom. The van der Waals surface area contributed by atoms with Crippen LogP contribution >= 0.6 is 0 Å². The molecular weight excluding hydrogens is 526 g/mol. The Kier molecular flexibility index (Phi) is 9.46. The van der Waals surface area contributed by atoms with Gasteiger partial charge in [-0.2, -0.15) is 5.10 Å². The number of carbonyl (C=O) groups is 2. The normalized spacial score (nSPS) is 16.1. The van der Waals surface area contributed by atoms with Gasteiger partial charge in [0.1, 0.15) is 5.60 Å². The first-order valence-corrected chi connectivity index (χ1v) is 13.2. The molecule has 41 heavy (non-hydrogen) atoms. The van der Waals surface area contributed by atoms with Gasteiger partial charge in [0.15, 0.2) is 5.92 Å². The molecule has 0 N–H and O–H groups in total. The highest BCUT2D eigenvalue weighted by molar-refractivity contribution is 5.99. The average Bonchev–Trinajstić information content (AvgIpc) is 3.49. The van der Waals surface area contributed by atoms with E-state index in [2.05, 4.69) is 0 Å². The number of methoxy groups -OCH3 is 3. The number of carbonyl (C=O) groups excluding carboxylic acids is 2. The SMILES string of the molecule is COC(=O)C(C(=O)OC)[C@H](/C=N/N1CCC[C@H]1C(OC)(c1ccccc1)c1ccccc1)c1ccc([N+](=O)[O-])cc1. The van der Waals surface area contributed by atoms with Crippen LogP contribution in [0.1, 0.15) is 35.4 Å². The summed E-state index contributed by atoms with van der Waals surface area (Å²) in [6.07, 6.45) is 3.13. The summed E-state index contributed by atoms with van der Waals surface area (Å²) in [5.74, 6) is -3.89. The lowest BCUT2D eigenvalue weighted by Crippen LogP contribution is -2.48. The number of ether oxygens (including phenoxy) is 3. The van der Waals surface area contributed by atoms with Crippen molar-refractivity contribution in [2.75, 3.05) is 27.9 Å². The van der Waals surface area contributed by atoms with Gasteiger partial charge >= 0.3 is 11.9 Å². The molecule has 10 heteroatoms. The molecule has 0 spiro atoms. The Morgan fingerprint density at radius 3 is 1.93 bits per heavy atom. The smallest absolute Gasteiger partial charge is 0.321 e. The summed E-state index contributed by atoms with van der Waals surface area (Å²) in [6, 6.07) is 25.3. The first-order chi connectivity index (χ1) is 19.9. The molecule has 2 atom stereocenters. The molecule has 3 aromatic rings. The molecular formula is C31H33N3O7. The van der Waals surface area contributed by atoms with E-state index >= 15 is 0 Å². The first kappa shape index (κ1) is 29.4. The van der Waals surface area contributed by atoms with Crippen LogP contribution in [0.15, 0.2) is 90.0 Å². The molecule has 1 aliphatic heterocycles. The highest BCUT2D eigenvalue weighted by Crippen LogP contribution is 2.43. The number of non-ortho nitro benzene ring substituents is 1. The fourth-order valence-corrected chi connectivity index (χ4v) is 5.58. The van der Waals surface area contributed by atoms with E-state index < -0.39 is 34.3 Å². The minimum Gasteiger partial charge on any atom is -0.468 e. The highest BCUT2D eigenvalue weighted by atomic mass is 16.6. The van der Waals surface area contributed by atoms with Gasteiger partial charge in [-0.1, -0.05) is 72.8 Å². The van der Waals surface area contributed by atoms with Crippen LogP contribution in [0.5, 0.6) is 0 Å². The third-order valence-electron chi connectivity index (χ3n) is 7.55. The van der Waals surface area contributed by atoms with Gasteiger partial charge in [0.25, 0.3) is 5.69 Å². The molecule has 3 aromatic carbocycles. The molecule has 0 unspecified atom stereocenters. The van der Waals surface area contributed by atoms with Crippen LogP contribution in [0.3, 0.4) is 0 Å². The topological polar surface area (TPSA) is 121 Å². The highest BCUT2D eigenvalue weighted by Gasteiger charge is 2.47. The van der Waals surface area contributed by atoms with Crippen molar-refractivity contribution in [3.05, 3.63) is 112 Å². The number of nitrogens with zero attached hydrogens (tertiary/aromatic N) is 3. The quantitative estimate of drug-likeness (QED) is 0.109. The lowest BCUT2D eigenvalue weighted by molar-refractivity contribution is -0.384. The Hall–Kier alpha value is -4.57. The number of nitro groups is 1. The molecule has 1 heterocycles. The summed E-state index contributed by atoms with van der Waals surface area (Å²) >= 11 is 0. The molecule has 10 nitrogen and oxygen atoms in total. The fraction of sp³-hybridized carbons (Fsp3) is 0.323. The van der Waals surface area contributed by atoms with Gasteiger partial charge in [-0.15, -0.1) is 0 Å². The van der Waals surface area contributed by atoms with Crippen LogP contribution < -0.4 is 0 Å². The van der Waals surface area contributed by atoms with E-state index in [0.717, 1.165) is 24.0 Å². The zero-order valence-corrected chi connectivity index (χ0v) is 23.2. The Morgan fingerprint density at radius 1 is 0.927 bits per heavy atom. The van der Waals surface area contributed by atoms with Gasteiger partial charge in [0.2, 0.25) is 0 Å². The maximum atomic E-state index is 12.8. The molecule has 1 saturated heterocycles. The summed E-state index contributed by atoms with van der Waals surface area (Å²) in [5, 5.41) is 18.0. The summed E-state index contributed by atoms with van der Waals surface area (Å²) in [4.78, 5) is 36.3. The third kappa shape index (κ3) is 5.97. The number of hydrazone groups is 1. The van der Waals surface area contributed by atoms with Gasteiger partial charge < -0.3 is 14.2 Å². The average molecular weight is 560 g/mol. The zero-order valence-electron chi connectivity index (χ0n) is 23.2. The van der Waals surface area contributed by atoms with Crippen molar-refractivity contribution in [1.82, 2.24) is 5.01 Å². The van der Waals surface area contributed by atoms with E-state index in [1.165, 1.54) is 44.7 Å². The van der Waals surface area contributed by atoms with Crippen molar-refractivity contribution in [2.24, 2.45) is 11.0 Å². The van der Waals surface area contributed by atoms with Gasteiger partial charge in [0.05, 0.1) is 25.2 Å². The summed E-state index contributed by atoms with van der Waals surface area (Å²) in [6.45, 7) is 0.611. The minimum atomic E-state index is -1.37. The lowest BCUT2D eigenvalue weighted by Gasteiger charge is -2.42. The van der Waals surface area contributed by atoms with Gasteiger partial charge in [0, 0.05) is 37.9 Å². The van der Waals surface area contributed by atoms with Crippen LogP contribution in [0.2, 0.25) is 0 Å². The molecule has 4 rings (SSSR count). The first-order valence-electron chi connectivity index (χ1n) is 13.2. The van der Waals surface area contributed by atoms with Gasteiger partial charge in [-0.05, 0) is 29.5 Å². The number of nitro benzene ring substituents is 1. The maximum absolute atomic E-state index is 12.8. The van der Waals surface area contributed by atoms with Gasteiger partial charge in [-0.3, -0.25) is 24.7 Å². The van der Waals surface area contributed by atoms with Crippen molar-refractivity contribution < 1.29 is 28.7 Å². The molecule has 0 amide bonds. The number of rotatable bonds is 11. The van der Waals surface area contributed by atoms with E-state index in [1.807, 2.05) is 65.7 Å². The van der Waals surface area contributed by atoms with Crippen LogP contribution in [0.4, 0.5) is 5.69 Å². The molecule has 1 fully saturated rings. The second kappa shape index (κ2) is 13.2. The van der Waals surface area contributed by atoms with E-state index in [0.29, 0.717) is 12.1 Å². The zero-order chi connectivity index (χ0) is 29.4. The number of benzene rings is 3. The number of hydrogen-bond acceptors (Lipinski definition) is 9.